The van der Waals surface area contributed by atoms with Gasteiger partial charge in [-0.3, -0.25) is 20.0 Å². The number of hydrogen-bond donors (Lipinski definition) is 1. The Labute approximate surface area is 153 Å². The van der Waals surface area contributed by atoms with Gasteiger partial charge in [0.05, 0.1) is 9.40 Å². The molecule has 1 aliphatic heterocycles. The van der Waals surface area contributed by atoms with Gasteiger partial charge in [-0.05, 0) is 40.5 Å². The molecule has 0 saturated carbocycles. The van der Waals surface area contributed by atoms with Crippen LogP contribution in [0.1, 0.15) is 11.3 Å². The number of nitro groups is 1. The maximum absolute atomic E-state index is 11.4. The van der Waals surface area contributed by atoms with Gasteiger partial charge in [0.15, 0.2) is 0 Å². The Bertz CT molecular complexity index is 792. The Balaban J connectivity index is 1.73. The lowest BCUT2D eigenvalue weighted by Gasteiger charge is -2.36. The average Bonchev–Trinajstić information content (AvgIpc) is 2.57. The minimum atomic E-state index is -0.464. The third-order valence-corrected chi connectivity index (χ3v) is 4.83. The van der Waals surface area contributed by atoms with Crippen molar-refractivity contribution in [2.24, 2.45) is 0 Å². The monoisotopic (exact) mass is 406 g/mol. The number of nitrogen functional groups attached to an aromatic ring is 1. The van der Waals surface area contributed by atoms with Crippen LogP contribution >= 0.6 is 15.9 Å². The van der Waals surface area contributed by atoms with E-state index >= 15 is 0 Å². The molecule has 9 heteroatoms. The maximum atomic E-state index is 11.4. The first-order chi connectivity index (χ1) is 12.0. The van der Waals surface area contributed by atoms with E-state index in [1.807, 2.05) is 24.1 Å². The molecular weight excluding hydrogens is 388 g/mol. The standard InChI is InChI=1S/C16H19BrN6O2/c1-11-8-12(2-3-19-11)10-21-4-6-22(7-5-21)14-13(17)9-20-16(18)15(14)23(24)25/h2-3,8-9H,4-7,10H2,1H3,(H2,18,20). The fourth-order valence-electron chi connectivity index (χ4n) is 3.05. The quantitative estimate of drug-likeness (QED) is 0.613. The van der Waals surface area contributed by atoms with Crippen molar-refractivity contribution in [3.63, 3.8) is 0 Å². The van der Waals surface area contributed by atoms with E-state index < -0.39 is 4.92 Å². The molecule has 0 amide bonds. The van der Waals surface area contributed by atoms with Crippen LogP contribution in [0.2, 0.25) is 0 Å². The van der Waals surface area contributed by atoms with Crippen molar-refractivity contribution < 1.29 is 4.92 Å². The van der Waals surface area contributed by atoms with E-state index in [2.05, 4.69) is 36.9 Å². The van der Waals surface area contributed by atoms with Gasteiger partial charge in [0.2, 0.25) is 5.82 Å². The van der Waals surface area contributed by atoms with Crippen LogP contribution in [0.5, 0.6) is 0 Å². The third kappa shape index (κ3) is 3.88. The van der Waals surface area contributed by atoms with Gasteiger partial charge >= 0.3 is 5.69 Å². The molecule has 0 aliphatic carbocycles. The van der Waals surface area contributed by atoms with E-state index in [0.29, 0.717) is 23.2 Å². The largest absolute Gasteiger partial charge is 0.378 e. The molecule has 0 aromatic carbocycles. The summed E-state index contributed by atoms with van der Waals surface area (Å²) in [7, 11) is 0. The number of piperazine rings is 1. The number of aromatic nitrogens is 2. The minimum absolute atomic E-state index is 0.0575. The minimum Gasteiger partial charge on any atom is -0.378 e. The van der Waals surface area contributed by atoms with Crippen molar-refractivity contribution in [3.05, 3.63) is 50.4 Å². The second-order valence-corrected chi connectivity index (χ2v) is 6.87. The summed E-state index contributed by atoms with van der Waals surface area (Å²) in [6, 6.07) is 4.10. The van der Waals surface area contributed by atoms with Crippen molar-refractivity contribution in [2.75, 3.05) is 36.8 Å². The van der Waals surface area contributed by atoms with Gasteiger partial charge in [-0.15, -0.1) is 0 Å². The van der Waals surface area contributed by atoms with Gasteiger partial charge in [0, 0.05) is 50.8 Å². The Morgan fingerprint density at radius 1 is 1.32 bits per heavy atom. The van der Waals surface area contributed by atoms with Crippen molar-refractivity contribution in [1.82, 2.24) is 14.9 Å². The molecule has 2 aromatic rings. The SMILES string of the molecule is Cc1cc(CN2CCN(c3c(Br)cnc(N)c3[N+](=O)[O-])CC2)ccn1. The van der Waals surface area contributed by atoms with E-state index in [1.165, 1.54) is 11.8 Å². The highest BCUT2D eigenvalue weighted by atomic mass is 79.9. The highest BCUT2D eigenvalue weighted by Crippen LogP contribution is 2.39. The zero-order valence-electron chi connectivity index (χ0n) is 13.9. The summed E-state index contributed by atoms with van der Waals surface area (Å²) in [5.41, 5.74) is 8.33. The number of aryl methyl sites for hydroxylation is 1. The summed E-state index contributed by atoms with van der Waals surface area (Å²) < 4.78 is 0.589. The lowest BCUT2D eigenvalue weighted by molar-refractivity contribution is -0.383. The van der Waals surface area contributed by atoms with Gasteiger partial charge in [-0.2, -0.15) is 0 Å². The second-order valence-electron chi connectivity index (χ2n) is 6.01. The first-order valence-corrected chi connectivity index (χ1v) is 8.72. The number of pyridine rings is 2. The number of nitrogens with two attached hydrogens (primary N) is 1. The maximum Gasteiger partial charge on any atom is 0.335 e. The van der Waals surface area contributed by atoms with E-state index in [4.69, 9.17) is 5.73 Å². The Kier molecular flexibility index (Phi) is 5.14. The average molecular weight is 407 g/mol. The van der Waals surface area contributed by atoms with Gasteiger partial charge in [-0.25, -0.2) is 4.98 Å². The molecule has 0 unspecified atom stereocenters. The fraction of sp³-hybridized carbons (Fsp3) is 0.375. The van der Waals surface area contributed by atoms with E-state index in [9.17, 15) is 10.1 Å². The zero-order chi connectivity index (χ0) is 18.0. The number of halogens is 1. The molecule has 132 valence electrons. The van der Waals surface area contributed by atoms with Crippen molar-refractivity contribution in [1.29, 1.82) is 0 Å². The summed E-state index contributed by atoms with van der Waals surface area (Å²) in [5, 5.41) is 11.4. The second kappa shape index (κ2) is 7.32. The number of anilines is 2. The molecule has 0 radical (unpaired) electrons. The van der Waals surface area contributed by atoms with E-state index in [0.717, 1.165) is 25.3 Å². The summed E-state index contributed by atoms with van der Waals surface area (Å²) in [6.07, 6.45) is 3.34. The summed E-state index contributed by atoms with van der Waals surface area (Å²) in [6.45, 7) is 5.82. The van der Waals surface area contributed by atoms with Gasteiger partial charge in [0.25, 0.3) is 0 Å². The van der Waals surface area contributed by atoms with Crippen LogP contribution in [0.25, 0.3) is 0 Å². The normalized spacial score (nSPS) is 15.4. The van der Waals surface area contributed by atoms with Crippen molar-refractivity contribution in [3.8, 4) is 0 Å². The highest BCUT2D eigenvalue weighted by Gasteiger charge is 2.29. The Morgan fingerprint density at radius 3 is 2.68 bits per heavy atom. The van der Waals surface area contributed by atoms with Crippen molar-refractivity contribution in [2.45, 2.75) is 13.5 Å². The van der Waals surface area contributed by atoms with Crippen LogP contribution in [0.3, 0.4) is 0 Å². The van der Waals surface area contributed by atoms with Crippen LogP contribution in [-0.4, -0.2) is 46.0 Å². The molecule has 8 nitrogen and oxygen atoms in total. The molecule has 2 aromatic heterocycles. The van der Waals surface area contributed by atoms with Gasteiger partial charge in [0.1, 0.15) is 5.69 Å². The van der Waals surface area contributed by atoms with E-state index in [-0.39, 0.29) is 11.5 Å². The first kappa shape index (κ1) is 17.6. The lowest BCUT2D eigenvalue weighted by Crippen LogP contribution is -2.46. The fourth-order valence-corrected chi connectivity index (χ4v) is 3.60. The molecule has 1 saturated heterocycles. The third-order valence-electron chi connectivity index (χ3n) is 4.25. The topological polar surface area (TPSA) is 101 Å². The van der Waals surface area contributed by atoms with Crippen LogP contribution in [-0.2, 0) is 6.54 Å². The van der Waals surface area contributed by atoms with Crippen LogP contribution < -0.4 is 10.6 Å². The Hall–Kier alpha value is -2.26. The molecule has 0 atom stereocenters. The predicted octanol–water partition coefficient (Wildman–Crippen LogP) is 2.36. The molecule has 2 N–H and O–H groups in total. The summed E-state index contributed by atoms with van der Waals surface area (Å²) in [5.74, 6) is -0.0575. The molecular formula is C16H19BrN6O2. The van der Waals surface area contributed by atoms with Crippen LogP contribution in [0, 0.1) is 17.0 Å². The smallest absolute Gasteiger partial charge is 0.335 e. The molecule has 25 heavy (non-hydrogen) atoms. The number of nitrogens with zero attached hydrogens (tertiary/aromatic N) is 5. The van der Waals surface area contributed by atoms with Crippen LogP contribution in [0.4, 0.5) is 17.2 Å². The summed E-state index contributed by atoms with van der Waals surface area (Å²) >= 11 is 3.38. The number of rotatable bonds is 4. The van der Waals surface area contributed by atoms with Gasteiger partial charge < -0.3 is 10.6 Å². The summed E-state index contributed by atoms with van der Waals surface area (Å²) in [4.78, 5) is 23.4. The molecule has 0 bridgehead atoms. The van der Waals surface area contributed by atoms with Crippen LogP contribution in [0.15, 0.2) is 29.0 Å². The lowest BCUT2D eigenvalue weighted by atomic mass is 10.2. The molecule has 1 fully saturated rings. The molecule has 3 rings (SSSR count). The zero-order valence-corrected chi connectivity index (χ0v) is 15.4. The van der Waals surface area contributed by atoms with Crippen molar-refractivity contribution >= 4 is 33.1 Å². The molecule has 0 spiro atoms. The Morgan fingerprint density at radius 2 is 2.04 bits per heavy atom. The number of hydrogen-bond acceptors (Lipinski definition) is 7. The first-order valence-electron chi connectivity index (χ1n) is 7.93. The van der Waals surface area contributed by atoms with Gasteiger partial charge in [-0.1, -0.05) is 0 Å². The highest BCUT2D eigenvalue weighted by molar-refractivity contribution is 9.10. The molecule has 1 aliphatic rings. The predicted molar refractivity (Wildman–Crippen MR) is 99.5 cm³/mol. The van der Waals surface area contributed by atoms with E-state index in [1.54, 1.807) is 0 Å². The molecule has 3 heterocycles.